The van der Waals surface area contributed by atoms with E-state index in [0.717, 1.165) is 8.22 Å². The highest BCUT2D eigenvalue weighted by atomic mass is 127. The van der Waals surface area contributed by atoms with Crippen molar-refractivity contribution in [1.82, 2.24) is 34.6 Å². The van der Waals surface area contributed by atoms with Crippen molar-refractivity contribution in [2.75, 3.05) is 0 Å². The molecule has 4 aromatic heterocycles. The van der Waals surface area contributed by atoms with Gasteiger partial charge in [-0.15, -0.1) is 10.2 Å². The molecule has 5 rings (SSSR count). The van der Waals surface area contributed by atoms with Crippen molar-refractivity contribution in [2.24, 2.45) is 7.05 Å². The predicted octanol–water partition coefficient (Wildman–Crippen LogP) is 3.82. The Kier molecular flexibility index (Phi) is 4.05. The van der Waals surface area contributed by atoms with Crippen LogP contribution in [-0.4, -0.2) is 34.6 Å². The molecule has 29 heavy (non-hydrogen) atoms. The van der Waals surface area contributed by atoms with Gasteiger partial charge < -0.3 is 0 Å². The number of hydrogen-bond donors (Lipinski definition) is 0. The number of aromatic nitrogens is 7. The quantitative estimate of drug-likeness (QED) is 0.277. The minimum Gasteiger partial charge on any atom is -0.275 e. The smallest absolute Gasteiger partial charge is 0.275 e. The minimum absolute atomic E-state index is 0.198. The Morgan fingerprint density at radius 1 is 1.03 bits per heavy atom. The molecule has 10 heteroatoms. The summed E-state index contributed by atoms with van der Waals surface area (Å²) in [5.41, 5.74) is 1.91. The molecule has 0 radical (unpaired) electrons. The normalized spacial score (nSPS) is 12.1. The number of nitrogens with zero attached hydrogens (tertiary/aromatic N) is 7. The van der Waals surface area contributed by atoms with Crippen LogP contribution in [0.4, 0.5) is 8.78 Å². The van der Waals surface area contributed by atoms with Crippen molar-refractivity contribution >= 4 is 39.1 Å². The summed E-state index contributed by atoms with van der Waals surface area (Å²) in [4.78, 5) is 4.35. The number of alkyl halides is 2. The average Bonchev–Trinajstić information content (AvgIpc) is 3.33. The third-order valence-corrected chi connectivity index (χ3v) is 5.16. The third-order valence-electron chi connectivity index (χ3n) is 4.56. The maximum absolute atomic E-state index is 15.4. The van der Waals surface area contributed by atoms with Gasteiger partial charge >= 0.3 is 5.92 Å². The molecule has 0 atom stereocenters. The predicted molar refractivity (Wildman–Crippen MR) is 110 cm³/mol. The summed E-state index contributed by atoms with van der Waals surface area (Å²) in [7, 11) is 1.77. The number of benzene rings is 1. The molecule has 0 aliphatic carbocycles. The van der Waals surface area contributed by atoms with Gasteiger partial charge in [0.25, 0.3) is 0 Å². The standard InChI is InChI=1S/C19H12F2IN7/c1-28-10-12(9-23-28)15-5-7-17-25-26-18(29(17)27-15)19(20,21)13-3-4-14-11(8-13)2-6-16(22)24-14/h2-10H,1H3. The topological polar surface area (TPSA) is 73.8 Å². The summed E-state index contributed by atoms with van der Waals surface area (Å²) in [6.07, 6.45) is 3.38. The summed E-state index contributed by atoms with van der Waals surface area (Å²) < 4.78 is 34.3. The molecule has 0 aliphatic rings. The van der Waals surface area contributed by atoms with Crippen molar-refractivity contribution < 1.29 is 8.78 Å². The molecule has 1 aromatic carbocycles. The molecule has 0 aliphatic heterocycles. The average molecular weight is 503 g/mol. The van der Waals surface area contributed by atoms with E-state index in [0.29, 0.717) is 22.2 Å². The van der Waals surface area contributed by atoms with E-state index in [4.69, 9.17) is 0 Å². The van der Waals surface area contributed by atoms with Gasteiger partial charge in [0.15, 0.2) is 5.65 Å². The van der Waals surface area contributed by atoms with E-state index >= 15 is 8.78 Å². The molecule has 0 bridgehead atoms. The number of fused-ring (bicyclic) bond motifs is 2. The molecule has 0 fully saturated rings. The molecular formula is C19H12F2IN7. The van der Waals surface area contributed by atoms with E-state index in [1.54, 1.807) is 54.5 Å². The van der Waals surface area contributed by atoms with Crippen LogP contribution in [0.3, 0.4) is 0 Å². The van der Waals surface area contributed by atoms with Gasteiger partial charge in [0.05, 0.1) is 17.4 Å². The second kappa shape index (κ2) is 6.51. The van der Waals surface area contributed by atoms with Gasteiger partial charge in [-0.1, -0.05) is 12.1 Å². The first-order chi connectivity index (χ1) is 13.9. The van der Waals surface area contributed by atoms with Crippen molar-refractivity contribution in [3.8, 4) is 11.3 Å². The molecule has 144 valence electrons. The fraction of sp³-hybridized carbons (Fsp3) is 0.105. The zero-order chi connectivity index (χ0) is 20.2. The van der Waals surface area contributed by atoms with Gasteiger partial charge in [-0.2, -0.15) is 23.5 Å². The van der Waals surface area contributed by atoms with E-state index in [2.05, 4.69) is 48.0 Å². The molecule has 4 heterocycles. The van der Waals surface area contributed by atoms with Crippen LogP contribution in [0.15, 0.2) is 54.9 Å². The Morgan fingerprint density at radius 3 is 2.69 bits per heavy atom. The molecule has 7 nitrogen and oxygen atoms in total. The molecular weight excluding hydrogens is 491 g/mol. The number of aryl methyl sites for hydroxylation is 1. The van der Waals surface area contributed by atoms with Crippen LogP contribution in [-0.2, 0) is 13.0 Å². The third kappa shape index (κ3) is 3.03. The molecule has 0 N–H and O–H groups in total. The van der Waals surface area contributed by atoms with E-state index in [9.17, 15) is 0 Å². The number of rotatable bonds is 3. The summed E-state index contributed by atoms with van der Waals surface area (Å²) in [6.45, 7) is 0. The number of pyridine rings is 1. The largest absolute Gasteiger partial charge is 0.333 e. The second-order valence-corrected chi connectivity index (χ2v) is 7.64. The van der Waals surface area contributed by atoms with Crippen molar-refractivity contribution in [3.63, 3.8) is 0 Å². The molecule has 0 unspecified atom stereocenters. The van der Waals surface area contributed by atoms with Crippen LogP contribution in [0.1, 0.15) is 11.4 Å². The lowest BCUT2D eigenvalue weighted by molar-refractivity contribution is 0.0307. The summed E-state index contributed by atoms with van der Waals surface area (Å²) in [6, 6.07) is 11.2. The van der Waals surface area contributed by atoms with E-state index in [1.807, 2.05) is 0 Å². The van der Waals surface area contributed by atoms with Crippen LogP contribution >= 0.6 is 22.6 Å². The van der Waals surface area contributed by atoms with Gasteiger partial charge in [-0.25, -0.2) is 4.98 Å². The highest BCUT2D eigenvalue weighted by Gasteiger charge is 2.40. The minimum atomic E-state index is -3.39. The Bertz CT molecular complexity index is 1380. The van der Waals surface area contributed by atoms with Crippen LogP contribution in [0.25, 0.3) is 27.8 Å². The zero-order valence-corrected chi connectivity index (χ0v) is 17.1. The summed E-state index contributed by atoms with van der Waals surface area (Å²) >= 11 is 2.08. The molecule has 0 spiro atoms. The van der Waals surface area contributed by atoms with E-state index in [1.165, 1.54) is 12.1 Å². The monoisotopic (exact) mass is 503 g/mol. The number of halogens is 3. The zero-order valence-electron chi connectivity index (χ0n) is 15.0. The molecule has 5 aromatic rings. The Labute approximate surface area is 176 Å². The fourth-order valence-corrected chi connectivity index (χ4v) is 3.56. The lowest BCUT2D eigenvalue weighted by atomic mass is 10.0. The van der Waals surface area contributed by atoms with Crippen molar-refractivity contribution in [3.05, 3.63) is 69.9 Å². The highest BCUT2D eigenvalue weighted by molar-refractivity contribution is 14.1. The van der Waals surface area contributed by atoms with Crippen LogP contribution in [0.5, 0.6) is 0 Å². The molecule has 0 amide bonds. The fourth-order valence-electron chi connectivity index (χ4n) is 3.12. The van der Waals surface area contributed by atoms with Crippen LogP contribution in [0.2, 0.25) is 0 Å². The van der Waals surface area contributed by atoms with E-state index < -0.39 is 11.7 Å². The van der Waals surface area contributed by atoms with Gasteiger partial charge in [0, 0.05) is 29.8 Å². The van der Waals surface area contributed by atoms with Gasteiger partial charge in [-0.3, -0.25) is 4.68 Å². The summed E-state index contributed by atoms with van der Waals surface area (Å²) in [5, 5.41) is 16.7. The van der Waals surface area contributed by atoms with Gasteiger partial charge in [-0.05, 0) is 52.9 Å². The van der Waals surface area contributed by atoms with Crippen molar-refractivity contribution in [1.29, 1.82) is 0 Å². The first kappa shape index (κ1) is 18.0. The van der Waals surface area contributed by atoms with Gasteiger partial charge in [0.2, 0.25) is 5.82 Å². The van der Waals surface area contributed by atoms with Crippen molar-refractivity contribution in [2.45, 2.75) is 5.92 Å². The van der Waals surface area contributed by atoms with Crippen LogP contribution < -0.4 is 0 Å². The lowest BCUT2D eigenvalue weighted by Gasteiger charge is -2.15. The first-order valence-electron chi connectivity index (χ1n) is 8.58. The SMILES string of the molecule is Cn1cc(-c2ccc3nnc(C(F)(F)c4ccc5nc(I)ccc5c4)n3n2)cn1. The highest BCUT2D eigenvalue weighted by Crippen LogP contribution is 2.36. The Morgan fingerprint density at radius 2 is 1.90 bits per heavy atom. The molecule has 0 saturated carbocycles. The van der Waals surface area contributed by atoms with Crippen LogP contribution in [0, 0.1) is 3.70 Å². The first-order valence-corrected chi connectivity index (χ1v) is 9.66. The van der Waals surface area contributed by atoms with E-state index in [-0.39, 0.29) is 11.2 Å². The van der Waals surface area contributed by atoms with Gasteiger partial charge in [0.1, 0.15) is 3.70 Å². The maximum Gasteiger partial charge on any atom is 0.333 e. The second-order valence-electron chi connectivity index (χ2n) is 6.53. The number of hydrogen-bond acceptors (Lipinski definition) is 5. The maximum atomic E-state index is 15.4. The lowest BCUT2D eigenvalue weighted by Crippen LogP contribution is -2.20. The summed E-state index contributed by atoms with van der Waals surface area (Å²) in [5.74, 6) is -3.94. The molecule has 0 saturated heterocycles. The Balaban J connectivity index is 1.64. The Hall–Kier alpha value is -3.02.